The number of hydrogen-bond donors (Lipinski definition) is 3. The zero-order valence-electron chi connectivity index (χ0n) is 20.0. The largest absolute Gasteiger partial charge is 0.382 e. The predicted molar refractivity (Wildman–Crippen MR) is 135 cm³/mol. The third-order valence-corrected chi connectivity index (χ3v) is 6.50. The number of amides is 2. The second-order valence-corrected chi connectivity index (χ2v) is 9.30. The molecule has 33 heavy (non-hydrogen) atoms. The molecular weight excluding hydrogens is 412 g/mol. The Morgan fingerprint density at radius 3 is 2.27 bits per heavy atom. The maximum absolute atomic E-state index is 12.4. The Kier molecular flexibility index (Phi) is 8.89. The fourth-order valence-corrected chi connectivity index (χ4v) is 4.36. The number of nitrogens with zero attached hydrogens (tertiary/aromatic N) is 1. The first-order chi connectivity index (χ1) is 15.9. The Morgan fingerprint density at radius 2 is 1.67 bits per heavy atom. The smallest absolute Gasteiger partial charge is 0.250 e. The number of likely N-dealkylation sites (tertiary alicyclic amines) is 1. The second kappa shape index (κ2) is 11.8. The van der Waals surface area contributed by atoms with E-state index >= 15 is 0 Å². The number of carbonyl (C=O) groups excluding carboxylic acids is 2. The van der Waals surface area contributed by atoms with Crippen molar-refractivity contribution in [2.75, 3.05) is 25.0 Å². The van der Waals surface area contributed by atoms with Gasteiger partial charge in [-0.2, -0.15) is 0 Å². The third-order valence-electron chi connectivity index (χ3n) is 6.50. The Balaban J connectivity index is 1.61. The lowest BCUT2D eigenvalue weighted by atomic mass is 9.96. The molecule has 5 N–H and O–H groups in total. The zero-order chi connectivity index (χ0) is 23.8. The van der Waals surface area contributed by atoms with Crippen LogP contribution in [0.2, 0.25) is 0 Å². The van der Waals surface area contributed by atoms with Crippen molar-refractivity contribution < 1.29 is 9.59 Å². The van der Waals surface area contributed by atoms with E-state index in [1.165, 1.54) is 5.56 Å². The van der Waals surface area contributed by atoms with Gasteiger partial charge in [0, 0.05) is 31.2 Å². The minimum atomic E-state index is -0.441. The van der Waals surface area contributed by atoms with Gasteiger partial charge in [0.05, 0.1) is 5.56 Å². The van der Waals surface area contributed by atoms with Crippen LogP contribution in [0.5, 0.6) is 0 Å². The maximum Gasteiger partial charge on any atom is 0.250 e. The molecule has 178 valence electrons. The van der Waals surface area contributed by atoms with Crippen molar-refractivity contribution >= 4 is 17.5 Å². The summed E-state index contributed by atoms with van der Waals surface area (Å²) >= 11 is 0. The topological polar surface area (TPSA) is 101 Å². The molecule has 3 rings (SSSR count). The van der Waals surface area contributed by atoms with Crippen molar-refractivity contribution in [3.8, 4) is 11.1 Å². The van der Waals surface area contributed by atoms with E-state index in [-0.39, 0.29) is 11.9 Å². The van der Waals surface area contributed by atoms with Crippen molar-refractivity contribution in [3.63, 3.8) is 0 Å². The first-order valence-corrected chi connectivity index (χ1v) is 12.2. The van der Waals surface area contributed by atoms with Gasteiger partial charge in [0.25, 0.3) is 5.91 Å². The molecule has 6 nitrogen and oxygen atoms in total. The number of primary amides is 1. The molecule has 0 bridgehead atoms. The van der Waals surface area contributed by atoms with Gasteiger partial charge in [0.1, 0.15) is 0 Å². The summed E-state index contributed by atoms with van der Waals surface area (Å²) in [5.74, 6) is 0.268. The minimum Gasteiger partial charge on any atom is -0.382 e. The van der Waals surface area contributed by atoms with Crippen LogP contribution in [-0.4, -0.2) is 42.4 Å². The van der Waals surface area contributed by atoms with Crippen LogP contribution < -0.4 is 16.8 Å². The molecule has 0 atom stereocenters. The second-order valence-electron chi connectivity index (χ2n) is 9.30. The Labute approximate surface area is 197 Å². The van der Waals surface area contributed by atoms with Gasteiger partial charge in [0.2, 0.25) is 5.91 Å². The van der Waals surface area contributed by atoms with Crippen LogP contribution in [0.15, 0.2) is 42.5 Å². The summed E-state index contributed by atoms with van der Waals surface area (Å²) < 4.78 is 0. The van der Waals surface area contributed by atoms with Gasteiger partial charge >= 0.3 is 0 Å². The lowest BCUT2D eigenvalue weighted by Gasteiger charge is -2.33. The molecule has 1 heterocycles. The molecule has 6 heteroatoms. The average molecular weight is 451 g/mol. The molecule has 1 saturated heterocycles. The van der Waals surface area contributed by atoms with Gasteiger partial charge in [-0.3, -0.25) is 9.59 Å². The summed E-state index contributed by atoms with van der Waals surface area (Å²) in [6.07, 6.45) is 5.19. The number of hydrogen-bond acceptors (Lipinski definition) is 4. The van der Waals surface area contributed by atoms with Crippen molar-refractivity contribution in [2.24, 2.45) is 11.5 Å². The van der Waals surface area contributed by atoms with E-state index in [0.29, 0.717) is 24.4 Å². The molecule has 2 aromatic carbocycles. The normalized spacial score (nSPS) is 14.5. The van der Waals surface area contributed by atoms with E-state index < -0.39 is 5.91 Å². The van der Waals surface area contributed by atoms with E-state index in [4.69, 9.17) is 11.5 Å². The molecule has 0 spiro atoms. The molecule has 0 aromatic heterocycles. The standard InChI is InChI=1S/C27H38N4O2/c1-19(2)20-7-9-21(10-8-20)22-11-12-25(24(18-22)27(29)33)30-23-13-16-31(17-14-23)26(32)6-4-3-5-15-28/h7-12,18-19,23,30H,3-6,13-17,28H2,1-2H3,(H2,29,33). The number of piperidine rings is 1. The number of carbonyl (C=O) groups is 2. The zero-order valence-corrected chi connectivity index (χ0v) is 20.0. The number of unbranched alkanes of at least 4 members (excludes halogenated alkanes) is 2. The Bertz CT molecular complexity index is 932. The van der Waals surface area contributed by atoms with Gasteiger partial charge in [-0.15, -0.1) is 0 Å². The average Bonchev–Trinajstić information content (AvgIpc) is 2.82. The van der Waals surface area contributed by atoms with E-state index in [0.717, 1.165) is 62.0 Å². The molecule has 0 aliphatic carbocycles. The first kappa shape index (κ1) is 24.8. The van der Waals surface area contributed by atoms with Crippen LogP contribution in [0.25, 0.3) is 11.1 Å². The Hall–Kier alpha value is -2.86. The highest BCUT2D eigenvalue weighted by Crippen LogP contribution is 2.28. The molecule has 1 aliphatic rings. The summed E-state index contributed by atoms with van der Waals surface area (Å²) in [5, 5.41) is 3.50. The van der Waals surface area contributed by atoms with Crippen LogP contribution in [0.1, 0.15) is 74.2 Å². The summed E-state index contributed by atoms with van der Waals surface area (Å²) in [4.78, 5) is 26.6. The van der Waals surface area contributed by atoms with Gasteiger partial charge < -0.3 is 21.7 Å². The SMILES string of the molecule is CC(C)c1ccc(-c2ccc(NC3CCN(C(=O)CCCCCN)CC3)c(C(N)=O)c2)cc1. The van der Waals surface area contributed by atoms with E-state index in [2.05, 4.69) is 43.4 Å². The maximum atomic E-state index is 12.4. The van der Waals surface area contributed by atoms with E-state index in [9.17, 15) is 9.59 Å². The highest BCUT2D eigenvalue weighted by molar-refractivity contribution is 6.00. The van der Waals surface area contributed by atoms with Crippen LogP contribution >= 0.6 is 0 Å². The van der Waals surface area contributed by atoms with E-state index in [1.54, 1.807) is 0 Å². The van der Waals surface area contributed by atoms with Crippen molar-refractivity contribution in [3.05, 3.63) is 53.6 Å². The van der Waals surface area contributed by atoms with Gasteiger partial charge in [0.15, 0.2) is 0 Å². The number of benzene rings is 2. The number of rotatable bonds is 10. The quantitative estimate of drug-likeness (QED) is 0.464. The first-order valence-electron chi connectivity index (χ1n) is 12.2. The van der Waals surface area contributed by atoms with Crippen molar-refractivity contribution in [2.45, 2.75) is 64.3 Å². The number of nitrogens with one attached hydrogen (secondary N) is 1. The monoisotopic (exact) mass is 450 g/mol. The summed E-state index contributed by atoms with van der Waals surface area (Å²) in [6, 6.07) is 14.5. The molecule has 2 aromatic rings. The lowest BCUT2D eigenvalue weighted by molar-refractivity contribution is -0.132. The predicted octanol–water partition coefficient (Wildman–Crippen LogP) is 4.50. The van der Waals surface area contributed by atoms with Crippen molar-refractivity contribution in [1.29, 1.82) is 0 Å². The van der Waals surface area contributed by atoms with Crippen LogP contribution in [-0.2, 0) is 4.79 Å². The summed E-state index contributed by atoms with van der Waals surface area (Å²) in [6.45, 7) is 6.50. The molecule has 0 radical (unpaired) electrons. The van der Waals surface area contributed by atoms with Gasteiger partial charge in [-0.25, -0.2) is 0 Å². The highest BCUT2D eigenvalue weighted by Gasteiger charge is 2.23. The number of anilines is 1. The van der Waals surface area contributed by atoms with E-state index in [1.807, 2.05) is 23.1 Å². The highest BCUT2D eigenvalue weighted by atomic mass is 16.2. The molecule has 0 unspecified atom stereocenters. The molecule has 0 saturated carbocycles. The van der Waals surface area contributed by atoms with Crippen LogP contribution in [0.3, 0.4) is 0 Å². The fraction of sp³-hybridized carbons (Fsp3) is 0.481. The van der Waals surface area contributed by atoms with Gasteiger partial charge in [-0.1, -0.05) is 50.6 Å². The summed E-state index contributed by atoms with van der Waals surface area (Å²) in [7, 11) is 0. The minimum absolute atomic E-state index is 0.209. The molecule has 2 amide bonds. The van der Waals surface area contributed by atoms with Crippen LogP contribution in [0, 0.1) is 0 Å². The summed E-state index contributed by atoms with van der Waals surface area (Å²) in [5.41, 5.74) is 15.8. The number of nitrogens with two attached hydrogens (primary N) is 2. The molecule has 1 aliphatic heterocycles. The third kappa shape index (κ3) is 6.81. The van der Waals surface area contributed by atoms with Gasteiger partial charge in [-0.05, 0) is 67.0 Å². The lowest BCUT2D eigenvalue weighted by Crippen LogP contribution is -2.42. The fourth-order valence-electron chi connectivity index (χ4n) is 4.36. The molecular formula is C27H38N4O2. The van der Waals surface area contributed by atoms with Crippen LogP contribution in [0.4, 0.5) is 5.69 Å². The molecule has 1 fully saturated rings. The Morgan fingerprint density at radius 1 is 1.00 bits per heavy atom. The van der Waals surface area contributed by atoms with Crippen molar-refractivity contribution in [1.82, 2.24) is 4.90 Å².